The zero-order valence-corrected chi connectivity index (χ0v) is 10.3. The monoisotopic (exact) mass is 315 g/mol. The van der Waals surface area contributed by atoms with Gasteiger partial charge in [-0.25, -0.2) is 0 Å². The Bertz CT molecular complexity index is 527. The van der Waals surface area contributed by atoms with Crippen molar-refractivity contribution < 1.29 is 4.74 Å². The summed E-state index contributed by atoms with van der Waals surface area (Å²) in [6.07, 6.45) is 0. The Hall–Kier alpha value is -0.800. The first-order valence-corrected chi connectivity index (χ1v) is 5.87. The van der Waals surface area contributed by atoms with Crippen molar-refractivity contribution in [1.29, 1.82) is 5.26 Å². The smallest absolute Gasteiger partial charge is 0.140 e. The largest absolute Gasteiger partial charge is 0.495 e. The summed E-state index contributed by atoms with van der Waals surface area (Å²) < 4.78 is 7.29. The van der Waals surface area contributed by atoms with Crippen molar-refractivity contribution in [3.63, 3.8) is 0 Å². The second-order valence-electron chi connectivity index (χ2n) is 2.71. The van der Waals surface area contributed by atoms with E-state index in [0.29, 0.717) is 0 Å². The van der Waals surface area contributed by atoms with Gasteiger partial charge in [0.15, 0.2) is 0 Å². The van der Waals surface area contributed by atoms with Crippen LogP contribution in [0, 0.1) is 14.9 Å². The quantitative estimate of drug-likeness (QED) is 0.756. The number of thiophene rings is 1. The summed E-state index contributed by atoms with van der Waals surface area (Å²) in [6.45, 7) is 0. The third-order valence-electron chi connectivity index (χ3n) is 1.97. The molecule has 1 aromatic heterocycles. The second-order valence-corrected chi connectivity index (χ2v) is 4.79. The molecule has 70 valence electrons. The molecule has 1 heterocycles. The van der Waals surface area contributed by atoms with Gasteiger partial charge in [-0.1, -0.05) is 0 Å². The van der Waals surface area contributed by atoms with E-state index in [9.17, 15) is 0 Å². The standard InChI is InChI=1S/C10H6INOS/c1-13-9-7-2-3-14-10(7)6(5-12)4-8(9)11/h2-4H,1H3. The van der Waals surface area contributed by atoms with Crippen LogP contribution in [0.2, 0.25) is 0 Å². The molecule has 0 saturated heterocycles. The fraction of sp³-hybridized carbons (Fsp3) is 0.100. The molecular formula is C10H6INOS. The van der Waals surface area contributed by atoms with E-state index in [-0.39, 0.29) is 0 Å². The van der Waals surface area contributed by atoms with Gasteiger partial charge in [0.05, 0.1) is 20.9 Å². The number of hydrogen-bond donors (Lipinski definition) is 0. The van der Waals surface area contributed by atoms with Crippen LogP contribution < -0.4 is 4.74 Å². The number of rotatable bonds is 1. The van der Waals surface area contributed by atoms with E-state index in [1.54, 1.807) is 18.4 Å². The Labute approximate surface area is 99.3 Å². The first-order valence-electron chi connectivity index (χ1n) is 3.91. The average molecular weight is 315 g/mol. The Morgan fingerprint density at radius 2 is 2.36 bits per heavy atom. The topological polar surface area (TPSA) is 33.0 Å². The lowest BCUT2D eigenvalue weighted by Gasteiger charge is -2.05. The molecule has 0 fully saturated rings. The van der Waals surface area contributed by atoms with E-state index in [1.807, 2.05) is 17.5 Å². The molecule has 0 saturated carbocycles. The van der Waals surface area contributed by atoms with Crippen molar-refractivity contribution in [3.8, 4) is 11.8 Å². The normalized spacial score (nSPS) is 10.1. The fourth-order valence-corrected chi connectivity index (χ4v) is 3.06. The van der Waals surface area contributed by atoms with E-state index in [2.05, 4.69) is 28.7 Å². The predicted octanol–water partition coefficient (Wildman–Crippen LogP) is 3.39. The Morgan fingerprint density at radius 1 is 1.57 bits per heavy atom. The first-order chi connectivity index (χ1) is 6.77. The number of benzene rings is 1. The molecule has 0 aliphatic carbocycles. The molecule has 0 spiro atoms. The average Bonchev–Trinajstić information content (AvgIpc) is 2.65. The van der Waals surface area contributed by atoms with Crippen LogP contribution in [0.15, 0.2) is 17.5 Å². The van der Waals surface area contributed by atoms with Crippen LogP contribution in [0.4, 0.5) is 0 Å². The molecule has 2 aromatic rings. The van der Waals surface area contributed by atoms with Crippen molar-refractivity contribution in [2.24, 2.45) is 0 Å². The van der Waals surface area contributed by atoms with Gasteiger partial charge in [0, 0.05) is 5.39 Å². The zero-order chi connectivity index (χ0) is 10.1. The molecule has 0 radical (unpaired) electrons. The van der Waals surface area contributed by atoms with E-state index in [0.717, 1.165) is 25.0 Å². The maximum absolute atomic E-state index is 8.95. The molecule has 0 aliphatic heterocycles. The summed E-state index contributed by atoms with van der Waals surface area (Å²) >= 11 is 3.75. The molecule has 4 heteroatoms. The van der Waals surface area contributed by atoms with Crippen molar-refractivity contribution in [3.05, 3.63) is 26.6 Å². The fourth-order valence-electron chi connectivity index (χ4n) is 1.37. The van der Waals surface area contributed by atoms with Crippen LogP contribution in [0.5, 0.6) is 5.75 Å². The Balaban J connectivity index is 2.90. The van der Waals surface area contributed by atoms with Crippen molar-refractivity contribution in [2.45, 2.75) is 0 Å². The summed E-state index contributed by atoms with van der Waals surface area (Å²) in [5.74, 6) is 0.862. The summed E-state index contributed by atoms with van der Waals surface area (Å²) in [5, 5.41) is 12.0. The highest BCUT2D eigenvalue weighted by molar-refractivity contribution is 14.1. The molecule has 0 aliphatic rings. The molecule has 14 heavy (non-hydrogen) atoms. The maximum Gasteiger partial charge on any atom is 0.140 e. The van der Waals surface area contributed by atoms with Gasteiger partial charge in [-0.05, 0) is 40.1 Å². The highest BCUT2D eigenvalue weighted by Crippen LogP contribution is 2.36. The van der Waals surface area contributed by atoms with Gasteiger partial charge in [-0.15, -0.1) is 11.3 Å². The Morgan fingerprint density at radius 3 is 3.00 bits per heavy atom. The number of ether oxygens (including phenoxy) is 1. The van der Waals surface area contributed by atoms with Crippen LogP contribution in [0.1, 0.15) is 5.56 Å². The van der Waals surface area contributed by atoms with E-state index in [4.69, 9.17) is 10.00 Å². The Kier molecular flexibility index (Phi) is 2.61. The van der Waals surface area contributed by atoms with E-state index < -0.39 is 0 Å². The van der Waals surface area contributed by atoms with Gasteiger partial charge in [-0.3, -0.25) is 0 Å². The van der Waals surface area contributed by atoms with Crippen molar-refractivity contribution in [2.75, 3.05) is 7.11 Å². The third-order valence-corrected chi connectivity index (χ3v) is 3.72. The van der Waals surface area contributed by atoms with Crippen LogP contribution >= 0.6 is 33.9 Å². The maximum atomic E-state index is 8.95. The molecule has 0 atom stereocenters. The number of methoxy groups -OCH3 is 1. The SMILES string of the molecule is COc1c(I)cc(C#N)c2sccc12. The van der Waals surface area contributed by atoms with Crippen LogP contribution in [0.3, 0.4) is 0 Å². The summed E-state index contributed by atoms with van der Waals surface area (Å²) in [5.41, 5.74) is 0.722. The number of halogens is 1. The molecule has 0 bridgehead atoms. The molecule has 2 nitrogen and oxygen atoms in total. The van der Waals surface area contributed by atoms with Crippen LogP contribution in [-0.4, -0.2) is 7.11 Å². The van der Waals surface area contributed by atoms with Gasteiger partial charge in [0.1, 0.15) is 11.8 Å². The van der Waals surface area contributed by atoms with Gasteiger partial charge >= 0.3 is 0 Å². The lowest BCUT2D eigenvalue weighted by Crippen LogP contribution is -1.89. The summed E-state index contributed by atoms with van der Waals surface area (Å²) in [4.78, 5) is 0. The van der Waals surface area contributed by atoms with Crippen molar-refractivity contribution in [1.82, 2.24) is 0 Å². The highest BCUT2D eigenvalue weighted by Gasteiger charge is 2.11. The summed E-state index contributed by atoms with van der Waals surface area (Å²) in [6, 6.07) is 6.05. The lowest BCUT2D eigenvalue weighted by molar-refractivity contribution is 0.417. The first kappa shape index (κ1) is 9.74. The minimum atomic E-state index is 0.722. The van der Waals surface area contributed by atoms with Crippen molar-refractivity contribution >= 4 is 44.0 Å². The number of hydrogen-bond acceptors (Lipinski definition) is 3. The molecule has 0 N–H and O–H groups in total. The minimum absolute atomic E-state index is 0.722. The zero-order valence-electron chi connectivity index (χ0n) is 7.37. The second kappa shape index (κ2) is 3.75. The highest BCUT2D eigenvalue weighted by atomic mass is 127. The molecule has 0 amide bonds. The molecule has 2 rings (SSSR count). The third kappa shape index (κ3) is 1.37. The molecule has 0 unspecified atom stereocenters. The number of nitriles is 1. The molecule has 1 aromatic carbocycles. The predicted molar refractivity (Wildman–Crippen MR) is 65.8 cm³/mol. The minimum Gasteiger partial charge on any atom is -0.495 e. The summed E-state index contributed by atoms with van der Waals surface area (Å²) in [7, 11) is 1.65. The number of nitrogens with zero attached hydrogens (tertiary/aromatic N) is 1. The van der Waals surface area contributed by atoms with E-state index >= 15 is 0 Å². The van der Waals surface area contributed by atoms with Gasteiger partial charge in [-0.2, -0.15) is 5.26 Å². The lowest BCUT2D eigenvalue weighted by atomic mass is 10.1. The van der Waals surface area contributed by atoms with E-state index in [1.165, 1.54) is 0 Å². The van der Waals surface area contributed by atoms with Crippen LogP contribution in [0.25, 0.3) is 10.1 Å². The molecular weight excluding hydrogens is 309 g/mol. The van der Waals surface area contributed by atoms with Gasteiger partial charge in [0.2, 0.25) is 0 Å². The van der Waals surface area contributed by atoms with Crippen LogP contribution in [-0.2, 0) is 0 Å². The van der Waals surface area contributed by atoms with Gasteiger partial charge < -0.3 is 4.74 Å². The van der Waals surface area contributed by atoms with Gasteiger partial charge in [0.25, 0.3) is 0 Å². The number of fused-ring (bicyclic) bond motifs is 1.